The van der Waals surface area contributed by atoms with Gasteiger partial charge in [-0.3, -0.25) is 0 Å². The Morgan fingerprint density at radius 1 is 1.47 bits per heavy atom. The summed E-state index contributed by atoms with van der Waals surface area (Å²) in [5.74, 6) is 0. The van der Waals surface area contributed by atoms with Gasteiger partial charge in [0.25, 0.3) is 0 Å². The van der Waals surface area contributed by atoms with Crippen LogP contribution in [0.3, 0.4) is 0 Å². The van der Waals surface area contributed by atoms with E-state index in [9.17, 15) is 0 Å². The molecule has 0 atom stereocenters. The molecule has 0 aliphatic carbocycles. The zero-order valence-corrected chi connectivity index (χ0v) is 8.51. The maximum atomic E-state index is 9.05. The molecule has 0 saturated carbocycles. The number of nitriles is 1. The van der Waals surface area contributed by atoms with E-state index in [1.165, 1.54) is 5.56 Å². The summed E-state index contributed by atoms with van der Waals surface area (Å²) in [7, 11) is 0. The van der Waals surface area contributed by atoms with Gasteiger partial charge in [0.2, 0.25) is 0 Å². The lowest BCUT2D eigenvalue weighted by molar-refractivity contribution is 1.04. The molecule has 0 aliphatic heterocycles. The van der Waals surface area contributed by atoms with Crippen LogP contribution in [0.5, 0.6) is 0 Å². The molecule has 0 amide bonds. The van der Waals surface area contributed by atoms with Gasteiger partial charge < -0.3 is 4.57 Å². The summed E-state index contributed by atoms with van der Waals surface area (Å²) in [6, 6.07) is 8.13. The highest BCUT2D eigenvalue weighted by atomic mass is 15.0. The molecule has 1 aromatic heterocycles. The summed E-state index contributed by atoms with van der Waals surface area (Å²) in [5, 5.41) is 9.05. The smallest absolute Gasteiger partial charge is 0.101 e. The highest BCUT2D eigenvalue weighted by molar-refractivity contribution is 5.50. The van der Waals surface area contributed by atoms with Crippen molar-refractivity contribution in [2.75, 3.05) is 0 Å². The van der Waals surface area contributed by atoms with Crippen molar-refractivity contribution in [2.45, 2.75) is 13.3 Å². The fourth-order valence-electron chi connectivity index (χ4n) is 1.52. The number of aryl methyl sites for hydroxylation is 1. The summed E-state index contributed by atoms with van der Waals surface area (Å²) in [6.45, 7) is 2.08. The lowest BCUT2D eigenvalue weighted by atomic mass is 10.1. The fourth-order valence-corrected chi connectivity index (χ4v) is 1.52. The zero-order chi connectivity index (χ0) is 10.7. The molecule has 0 bridgehead atoms. The van der Waals surface area contributed by atoms with E-state index in [1.807, 2.05) is 29.0 Å². The van der Waals surface area contributed by atoms with Gasteiger partial charge in [-0.1, -0.05) is 13.0 Å². The third-order valence-corrected chi connectivity index (χ3v) is 2.37. The zero-order valence-electron chi connectivity index (χ0n) is 8.51. The van der Waals surface area contributed by atoms with Gasteiger partial charge >= 0.3 is 0 Å². The number of hydrogen-bond acceptors (Lipinski definition) is 2. The molecule has 1 aromatic carbocycles. The summed E-state index contributed by atoms with van der Waals surface area (Å²) in [4.78, 5) is 3.97. The van der Waals surface area contributed by atoms with E-state index in [1.54, 1.807) is 12.5 Å². The first-order valence-corrected chi connectivity index (χ1v) is 4.86. The van der Waals surface area contributed by atoms with Crippen molar-refractivity contribution in [1.29, 1.82) is 5.26 Å². The maximum Gasteiger partial charge on any atom is 0.101 e. The summed E-state index contributed by atoms with van der Waals surface area (Å²) in [5.41, 5.74) is 2.75. The van der Waals surface area contributed by atoms with Crippen LogP contribution in [0.2, 0.25) is 0 Å². The molecule has 1 heterocycles. The van der Waals surface area contributed by atoms with Crippen LogP contribution >= 0.6 is 0 Å². The topological polar surface area (TPSA) is 41.6 Å². The maximum absolute atomic E-state index is 9.05. The van der Waals surface area contributed by atoms with Crippen LogP contribution < -0.4 is 0 Å². The van der Waals surface area contributed by atoms with Gasteiger partial charge in [0.15, 0.2) is 0 Å². The van der Waals surface area contributed by atoms with E-state index in [4.69, 9.17) is 5.26 Å². The second-order valence-corrected chi connectivity index (χ2v) is 3.29. The lowest BCUT2D eigenvalue weighted by Crippen LogP contribution is -1.95. The van der Waals surface area contributed by atoms with Crippen molar-refractivity contribution < 1.29 is 0 Å². The molecule has 15 heavy (non-hydrogen) atoms. The first kappa shape index (κ1) is 9.47. The van der Waals surface area contributed by atoms with Crippen molar-refractivity contribution in [2.24, 2.45) is 0 Å². The Bertz CT molecular complexity index is 492. The molecule has 0 fully saturated rings. The van der Waals surface area contributed by atoms with Crippen LogP contribution in [0, 0.1) is 11.3 Å². The predicted molar refractivity (Wildman–Crippen MR) is 57.7 cm³/mol. The molecular formula is C12H11N3. The van der Waals surface area contributed by atoms with E-state index < -0.39 is 0 Å². The highest BCUT2D eigenvalue weighted by Gasteiger charge is 2.04. The second kappa shape index (κ2) is 3.97. The van der Waals surface area contributed by atoms with E-state index in [2.05, 4.69) is 18.0 Å². The van der Waals surface area contributed by atoms with Crippen LogP contribution in [0.25, 0.3) is 5.69 Å². The Labute approximate surface area is 88.6 Å². The molecule has 0 saturated heterocycles. The number of nitrogens with zero attached hydrogens (tertiary/aromatic N) is 3. The normalized spacial score (nSPS) is 9.87. The third kappa shape index (κ3) is 1.75. The number of benzene rings is 1. The van der Waals surface area contributed by atoms with Crippen molar-refractivity contribution in [3.05, 3.63) is 48.0 Å². The minimum atomic E-state index is 0.687. The Kier molecular flexibility index (Phi) is 2.51. The van der Waals surface area contributed by atoms with E-state index >= 15 is 0 Å². The molecule has 2 rings (SSSR count). The van der Waals surface area contributed by atoms with Crippen molar-refractivity contribution in [3.8, 4) is 11.8 Å². The van der Waals surface area contributed by atoms with Gasteiger partial charge in [-0.05, 0) is 24.1 Å². The number of aromatic nitrogens is 2. The molecule has 0 unspecified atom stereocenters. The lowest BCUT2D eigenvalue weighted by Gasteiger charge is -2.06. The van der Waals surface area contributed by atoms with Gasteiger partial charge in [0.05, 0.1) is 17.6 Å². The monoisotopic (exact) mass is 197 g/mol. The summed E-state index contributed by atoms with van der Waals surface area (Å²) in [6.07, 6.45) is 6.18. The standard InChI is InChI=1S/C12H11N3/c1-2-10-3-4-12(11(7-10)8-13)15-6-5-14-9-15/h3-7,9H,2H2,1H3. The van der Waals surface area contributed by atoms with Gasteiger partial charge in [-0.25, -0.2) is 4.98 Å². The minimum absolute atomic E-state index is 0.687. The quantitative estimate of drug-likeness (QED) is 0.741. The van der Waals surface area contributed by atoms with Crippen LogP contribution in [0.15, 0.2) is 36.9 Å². The predicted octanol–water partition coefficient (Wildman–Crippen LogP) is 2.31. The Morgan fingerprint density at radius 2 is 2.33 bits per heavy atom. The van der Waals surface area contributed by atoms with E-state index in [0.29, 0.717) is 5.56 Å². The molecule has 0 N–H and O–H groups in total. The van der Waals surface area contributed by atoms with Gasteiger partial charge in [0.1, 0.15) is 6.07 Å². The Hall–Kier alpha value is -2.08. The summed E-state index contributed by atoms with van der Waals surface area (Å²) < 4.78 is 1.85. The molecule has 74 valence electrons. The average molecular weight is 197 g/mol. The molecule has 2 aromatic rings. The minimum Gasteiger partial charge on any atom is -0.305 e. The van der Waals surface area contributed by atoms with E-state index in [-0.39, 0.29) is 0 Å². The van der Waals surface area contributed by atoms with Crippen molar-refractivity contribution in [1.82, 2.24) is 9.55 Å². The van der Waals surface area contributed by atoms with Crippen LogP contribution in [-0.2, 0) is 6.42 Å². The first-order chi connectivity index (χ1) is 7.35. The molecule has 0 radical (unpaired) electrons. The Balaban J connectivity index is 2.54. The van der Waals surface area contributed by atoms with Crippen molar-refractivity contribution in [3.63, 3.8) is 0 Å². The third-order valence-electron chi connectivity index (χ3n) is 2.37. The first-order valence-electron chi connectivity index (χ1n) is 4.86. The molecule has 3 nitrogen and oxygen atoms in total. The van der Waals surface area contributed by atoms with Crippen molar-refractivity contribution >= 4 is 0 Å². The molecule has 3 heteroatoms. The van der Waals surface area contributed by atoms with Gasteiger partial charge in [0, 0.05) is 12.4 Å². The number of imidazole rings is 1. The van der Waals surface area contributed by atoms with Crippen LogP contribution in [0.1, 0.15) is 18.1 Å². The van der Waals surface area contributed by atoms with Gasteiger partial charge in [-0.15, -0.1) is 0 Å². The fraction of sp³-hybridized carbons (Fsp3) is 0.167. The SMILES string of the molecule is CCc1ccc(-n2ccnc2)c(C#N)c1. The number of rotatable bonds is 2. The number of hydrogen-bond donors (Lipinski definition) is 0. The Morgan fingerprint density at radius 3 is 2.93 bits per heavy atom. The summed E-state index contributed by atoms with van der Waals surface area (Å²) >= 11 is 0. The second-order valence-electron chi connectivity index (χ2n) is 3.29. The molecule has 0 aliphatic rings. The van der Waals surface area contributed by atoms with Gasteiger partial charge in [-0.2, -0.15) is 5.26 Å². The van der Waals surface area contributed by atoms with Crippen LogP contribution in [0.4, 0.5) is 0 Å². The molecular weight excluding hydrogens is 186 g/mol. The highest BCUT2D eigenvalue weighted by Crippen LogP contribution is 2.15. The largest absolute Gasteiger partial charge is 0.305 e. The average Bonchev–Trinajstić information content (AvgIpc) is 2.81. The van der Waals surface area contributed by atoms with Crippen LogP contribution in [-0.4, -0.2) is 9.55 Å². The molecule has 0 spiro atoms. The van der Waals surface area contributed by atoms with E-state index in [0.717, 1.165) is 12.1 Å².